The summed E-state index contributed by atoms with van der Waals surface area (Å²) in [6.07, 6.45) is 0. The molecule has 10 heavy (non-hydrogen) atoms. The quantitative estimate of drug-likeness (QED) is 0.602. The van der Waals surface area contributed by atoms with E-state index in [-0.39, 0.29) is 24.8 Å². The van der Waals surface area contributed by atoms with Crippen LogP contribution in [0, 0.1) is 0 Å². The molecule has 0 saturated carbocycles. The van der Waals surface area contributed by atoms with E-state index in [0.29, 0.717) is 0 Å². The van der Waals surface area contributed by atoms with Crippen molar-refractivity contribution in [2.75, 3.05) is 0 Å². The Balaban J connectivity index is -0.0000000300. The van der Waals surface area contributed by atoms with Gasteiger partial charge in [0.25, 0.3) is 11.9 Å². The van der Waals surface area contributed by atoms with Crippen LogP contribution in [-0.2, 0) is 9.59 Å². The summed E-state index contributed by atoms with van der Waals surface area (Å²) in [5.41, 5.74) is 0. The molecule has 0 unspecified atom stereocenters. The van der Waals surface area contributed by atoms with Crippen molar-refractivity contribution in [1.82, 2.24) is 0 Å². The molecule has 0 aromatic carbocycles. The van der Waals surface area contributed by atoms with Gasteiger partial charge in [-0.05, 0) is 0 Å². The van der Waals surface area contributed by atoms with Crippen LogP contribution >= 0.6 is 24.8 Å². The standard InChI is InChI=1S/2C2H4O2.2ClH/c2*1-2(3)4;;/h2*1H3,(H,3,4);2*1H. The van der Waals surface area contributed by atoms with Gasteiger partial charge in [-0.1, -0.05) is 0 Å². The third kappa shape index (κ3) is 1390. The van der Waals surface area contributed by atoms with Crippen LogP contribution in [0.2, 0.25) is 0 Å². The topological polar surface area (TPSA) is 74.6 Å². The smallest absolute Gasteiger partial charge is 0.300 e. The van der Waals surface area contributed by atoms with E-state index in [1.54, 1.807) is 0 Å². The van der Waals surface area contributed by atoms with Gasteiger partial charge in [0.2, 0.25) is 0 Å². The number of carbonyl (C=O) groups is 2. The van der Waals surface area contributed by atoms with Gasteiger partial charge in [-0.2, -0.15) is 0 Å². The molecular weight excluding hydrogens is 183 g/mol. The third-order valence-corrected chi connectivity index (χ3v) is 0. The highest BCUT2D eigenvalue weighted by Gasteiger charge is 1.65. The fourth-order valence-electron chi connectivity index (χ4n) is 0. The average molecular weight is 193 g/mol. The van der Waals surface area contributed by atoms with Crippen molar-refractivity contribution < 1.29 is 19.8 Å². The van der Waals surface area contributed by atoms with Crippen molar-refractivity contribution in [3.05, 3.63) is 0 Å². The fourth-order valence-corrected chi connectivity index (χ4v) is 0. The number of carboxylic acids is 2. The van der Waals surface area contributed by atoms with Crippen molar-refractivity contribution in [2.24, 2.45) is 0 Å². The molecule has 0 amide bonds. The van der Waals surface area contributed by atoms with Crippen molar-refractivity contribution >= 4 is 36.8 Å². The van der Waals surface area contributed by atoms with Crippen LogP contribution in [0.15, 0.2) is 0 Å². The normalized spacial score (nSPS) is 5.00. The zero-order chi connectivity index (χ0) is 7.15. The minimum Gasteiger partial charge on any atom is -0.481 e. The van der Waals surface area contributed by atoms with Gasteiger partial charge in [0.05, 0.1) is 0 Å². The first-order chi connectivity index (χ1) is 3.46. The van der Waals surface area contributed by atoms with Crippen LogP contribution in [0.25, 0.3) is 0 Å². The van der Waals surface area contributed by atoms with Gasteiger partial charge >= 0.3 is 0 Å². The van der Waals surface area contributed by atoms with Crippen LogP contribution in [0.1, 0.15) is 13.8 Å². The van der Waals surface area contributed by atoms with E-state index in [9.17, 15) is 0 Å². The lowest BCUT2D eigenvalue weighted by Gasteiger charge is -1.59. The fraction of sp³-hybridized carbons (Fsp3) is 0.500. The molecule has 0 fully saturated rings. The Morgan fingerprint density at radius 2 is 0.900 bits per heavy atom. The average Bonchev–Trinajstić information content (AvgIpc) is 1.25. The Hall–Kier alpha value is -0.480. The van der Waals surface area contributed by atoms with Crippen molar-refractivity contribution in [3.63, 3.8) is 0 Å². The molecule has 0 bridgehead atoms. The van der Waals surface area contributed by atoms with E-state index in [1.807, 2.05) is 0 Å². The maximum absolute atomic E-state index is 9.00. The van der Waals surface area contributed by atoms with E-state index in [1.165, 1.54) is 0 Å². The lowest BCUT2D eigenvalue weighted by atomic mass is 10.9. The van der Waals surface area contributed by atoms with Gasteiger partial charge in [-0.25, -0.2) is 0 Å². The van der Waals surface area contributed by atoms with Crippen molar-refractivity contribution in [3.8, 4) is 0 Å². The Kier molecular flexibility index (Phi) is 35.9. The van der Waals surface area contributed by atoms with Crippen LogP contribution < -0.4 is 0 Å². The van der Waals surface area contributed by atoms with Crippen LogP contribution in [0.4, 0.5) is 0 Å². The second-order valence-corrected chi connectivity index (χ2v) is 1.04. The van der Waals surface area contributed by atoms with E-state index >= 15 is 0 Å². The van der Waals surface area contributed by atoms with Gasteiger partial charge in [-0.15, -0.1) is 24.8 Å². The molecule has 0 radical (unpaired) electrons. The van der Waals surface area contributed by atoms with Crippen LogP contribution in [0.5, 0.6) is 0 Å². The monoisotopic (exact) mass is 192 g/mol. The number of halogens is 2. The molecule has 0 saturated heterocycles. The van der Waals surface area contributed by atoms with E-state index in [4.69, 9.17) is 19.8 Å². The molecule has 0 spiro atoms. The van der Waals surface area contributed by atoms with Gasteiger partial charge in [-0.3, -0.25) is 9.59 Å². The van der Waals surface area contributed by atoms with Gasteiger partial charge in [0, 0.05) is 13.8 Å². The Bertz CT molecular complexity index is 73.3. The second kappa shape index (κ2) is 15.8. The Morgan fingerprint density at radius 3 is 0.900 bits per heavy atom. The first-order valence-corrected chi connectivity index (χ1v) is 1.86. The highest BCUT2D eigenvalue weighted by molar-refractivity contribution is 5.85. The highest BCUT2D eigenvalue weighted by atomic mass is 35.5. The largest absolute Gasteiger partial charge is 0.481 e. The molecule has 0 aliphatic heterocycles. The minimum absolute atomic E-state index is 0. The summed E-state index contributed by atoms with van der Waals surface area (Å²) in [4.78, 5) is 18.0. The van der Waals surface area contributed by atoms with E-state index < -0.39 is 11.9 Å². The molecule has 0 aliphatic carbocycles. The summed E-state index contributed by atoms with van der Waals surface area (Å²) in [6.45, 7) is 2.17. The van der Waals surface area contributed by atoms with Crippen LogP contribution in [0.3, 0.4) is 0 Å². The molecule has 0 heterocycles. The summed E-state index contributed by atoms with van der Waals surface area (Å²) >= 11 is 0. The maximum atomic E-state index is 9.00. The number of rotatable bonds is 0. The highest BCUT2D eigenvalue weighted by Crippen LogP contribution is 1.42. The third-order valence-electron chi connectivity index (χ3n) is 0. The summed E-state index contributed by atoms with van der Waals surface area (Å²) < 4.78 is 0. The van der Waals surface area contributed by atoms with Crippen molar-refractivity contribution in [2.45, 2.75) is 13.8 Å². The van der Waals surface area contributed by atoms with Crippen molar-refractivity contribution in [1.29, 1.82) is 0 Å². The van der Waals surface area contributed by atoms with Crippen LogP contribution in [-0.4, -0.2) is 22.2 Å². The Morgan fingerprint density at radius 1 is 0.900 bits per heavy atom. The number of hydrogen-bond donors (Lipinski definition) is 2. The first-order valence-electron chi connectivity index (χ1n) is 1.86. The number of aliphatic carboxylic acids is 2. The zero-order valence-electron chi connectivity index (χ0n) is 5.53. The lowest BCUT2D eigenvalue weighted by Crippen LogP contribution is -1.78. The summed E-state index contributed by atoms with van der Waals surface area (Å²) in [7, 11) is 0. The van der Waals surface area contributed by atoms with E-state index in [0.717, 1.165) is 13.8 Å². The zero-order valence-corrected chi connectivity index (χ0v) is 7.16. The number of carboxylic acid groups (broad SMARTS) is 2. The lowest BCUT2D eigenvalue weighted by molar-refractivity contribution is -0.135. The maximum Gasteiger partial charge on any atom is 0.300 e. The molecule has 0 aromatic heterocycles. The predicted molar refractivity (Wildman–Crippen MR) is 41.1 cm³/mol. The summed E-state index contributed by atoms with van der Waals surface area (Å²) in [5.74, 6) is -1.67. The molecule has 2 N–H and O–H groups in total. The molecule has 6 heteroatoms. The first kappa shape index (κ1) is 22.7. The van der Waals surface area contributed by atoms with Gasteiger partial charge in [0.15, 0.2) is 0 Å². The second-order valence-electron chi connectivity index (χ2n) is 1.04. The van der Waals surface area contributed by atoms with E-state index in [2.05, 4.69) is 0 Å². The summed E-state index contributed by atoms with van der Waals surface area (Å²) in [5, 5.41) is 14.8. The van der Waals surface area contributed by atoms with Gasteiger partial charge in [0.1, 0.15) is 0 Å². The summed E-state index contributed by atoms with van der Waals surface area (Å²) in [6, 6.07) is 0. The minimum atomic E-state index is -0.833. The predicted octanol–water partition coefficient (Wildman–Crippen LogP) is 1.03. The number of hydrogen-bond acceptors (Lipinski definition) is 2. The molecule has 0 aliphatic rings. The Labute approximate surface area is 71.1 Å². The molecular formula is C4H10Cl2O4. The molecule has 0 rings (SSSR count). The molecule has 0 atom stereocenters. The van der Waals surface area contributed by atoms with Gasteiger partial charge < -0.3 is 10.2 Å². The molecule has 0 aromatic rings. The molecule has 64 valence electrons. The SMILES string of the molecule is CC(=O)O.CC(=O)O.Cl.Cl. The molecule has 4 nitrogen and oxygen atoms in total.